The molecule has 0 amide bonds. The summed E-state index contributed by atoms with van der Waals surface area (Å²) in [4.78, 5) is 11.9. The van der Waals surface area contributed by atoms with Gasteiger partial charge in [0.15, 0.2) is 5.60 Å². The number of methoxy groups -OCH3 is 1. The zero-order valence-corrected chi connectivity index (χ0v) is 12.8. The number of aryl methyl sites for hydroxylation is 1. The van der Waals surface area contributed by atoms with Gasteiger partial charge in [0.05, 0.1) is 7.11 Å². The highest BCUT2D eigenvalue weighted by Crippen LogP contribution is 2.38. The summed E-state index contributed by atoms with van der Waals surface area (Å²) in [6.45, 7) is 1.36. The first-order valence-corrected chi connectivity index (χ1v) is 7.28. The van der Waals surface area contributed by atoms with E-state index in [0.717, 1.165) is 11.6 Å². The van der Waals surface area contributed by atoms with Crippen molar-refractivity contribution in [2.45, 2.75) is 25.4 Å². The molecule has 0 aliphatic heterocycles. The molecule has 0 saturated carbocycles. The van der Waals surface area contributed by atoms with Crippen LogP contribution in [0.4, 0.5) is 8.78 Å². The average molecular weight is 318 g/mol. The van der Waals surface area contributed by atoms with Crippen molar-refractivity contribution < 1.29 is 23.4 Å². The van der Waals surface area contributed by atoms with Gasteiger partial charge in [0.25, 0.3) is 0 Å². The largest absolute Gasteiger partial charge is 0.467 e. The maximum atomic E-state index is 14.0. The van der Waals surface area contributed by atoms with Crippen LogP contribution in [0.1, 0.15) is 24.5 Å². The number of rotatable bonds is 2. The first-order chi connectivity index (χ1) is 10.9. The van der Waals surface area contributed by atoms with Gasteiger partial charge in [-0.25, -0.2) is 13.6 Å². The second-order valence-corrected chi connectivity index (χ2v) is 5.79. The molecule has 2 aromatic rings. The molecule has 0 aromatic heterocycles. The third-order valence-electron chi connectivity index (χ3n) is 4.30. The number of ether oxygens (including phenoxy) is 1. The van der Waals surface area contributed by atoms with Crippen LogP contribution in [0.5, 0.6) is 0 Å². The van der Waals surface area contributed by atoms with Gasteiger partial charge in [-0.3, -0.25) is 0 Å². The topological polar surface area (TPSA) is 46.5 Å². The van der Waals surface area contributed by atoms with Gasteiger partial charge in [0.1, 0.15) is 11.6 Å². The van der Waals surface area contributed by atoms with E-state index in [4.69, 9.17) is 0 Å². The van der Waals surface area contributed by atoms with Gasteiger partial charge in [-0.15, -0.1) is 0 Å². The molecule has 1 aliphatic rings. The molecule has 5 heteroatoms. The number of esters is 1. The van der Waals surface area contributed by atoms with Crippen LogP contribution < -0.4 is 0 Å². The molecule has 0 spiro atoms. The Bertz CT molecular complexity index is 838. The Balaban J connectivity index is 2.25. The average Bonchev–Trinajstić information content (AvgIpc) is 2.52. The summed E-state index contributed by atoms with van der Waals surface area (Å²) in [5.74, 6) is -2.06. The lowest BCUT2D eigenvalue weighted by Crippen LogP contribution is -2.38. The van der Waals surface area contributed by atoms with Gasteiger partial charge in [-0.1, -0.05) is 18.2 Å². The summed E-state index contributed by atoms with van der Waals surface area (Å²) in [6, 6.07) is 5.32. The van der Waals surface area contributed by atoms with Crippen LogP contribution in [0.25, 0.3) is 16.3 Å². The van der Waals surface area contributed by atoms with Gasteiger partial charge in [0.2, 0.25) is 0 Å². The van der Waals surface area contributed by atoms with E-state index in [0.29, 0.717) is 34.8 Å². The Labute approximate surface area is 132 Å². The first-order valence-electron chi connectivity index (χ1n) is 7.28. The van der Waals surface area contributed by atoms with E-state index in [9.17, 15) is 18.7 Å². The number of carbonyl (C=O) groups excluding carboxylic acids is 1. The van der Waals surface area contributed by atoms with Gasteiger partial charge < -0.3 is 9.84 Å². The molecule has 1 N–H and O–H groups in total. The maximum absolute atomic E-state index is 14.0. The summed E-state index contributed by atoms with van der Waals surface area (Å²) >= 11 is 0. The van der Waals surface area contributed by atoms with Crippen LogP contribution >= 0.6 is 0 Å². The second kappa shape index (κ2) is 5.42. The van der Waals surface area contributed by atoms with Crippen LogP contribution in [-0.4, -0.2) is 23.8 Å². The van der Waals surface area contributed by atoms with Crippen molar-refractivity contribution in [3.63, 3.8) is 0 Å². The fourth-order valence-corrected chi connectivity index (χ4v) is 3.18. The summed E-state index contributed by atoms with van der Waals surface area (Å²) in [5, 5.41) is 11.3. The van der Waals surface area contributed by atoms with Crippen molar-refractivity contribution in [2.75, 3.05) is 7.11 Å². The minimum atomic E-state index is -1.82. The minimum absolute atomic E-state index is 0.323. The molecule has 23 heavy (non-hydrogen) atoms. The molecule has 1 atom stereocenters. The number of allylic oxidation sites excluding steroid dienone is 1. The van der Waals surface area contributed by atoms with Crippen molar-refractivity contribution >= 4 is 22.3 Å². The molecule has 0 radical (unpaired) electrons. The molecule has 120 valence electrons. The SMILES string of the molecule is COC(=O)C(C)(O)C1=CCCc2c1ccc1c(F)cc(F)cc21. The van der Waals surface area contributed by atoms with E-state index < -0.39 is 23.2 Å². The maximum Gasteiger partial charge on any atom is 0.342 e. The van der Waals surface area contributed by atoms with Crippen LogP contribution in [0, 0.1) is 11.6 Å². The van der Waals surface area contributed by atoms with Gasteiger partial charge in [-0.2, -0.15) is 0 Å². The normalized spacial score (nSPS) is 16.5. The third-order valence-corrected chi connectivity index (χ3v) is 4.30. The van der Waals surface area contributed by atoms with Crippen LogP contribution in [0.2, 0.25) is 0 Å². The number of hydrogen-bond acceptors (Lipinski definition) is 3. The zero-order chi connectivity index (χ0) is 16.8. The van der Waals surface area contributed by atoms with Crippen LogP contribution in [0.15, 0.2) is 30.3 Å². The van der Waals surface area contributed by atoms with E-state index in [1.807, 2.05) is 0 Å². The Hall–Kier alpha value is -2.27. The van der Waals surface area contributed by atoms with Crippen molar-refractivity contribution in [1.29, 1.82) is 0 Å². The summed E-state index contributed by atoms with van der Waals surface area (Å²) in [6.07, 6.45) is 2.91. The lowest BCUT2D eigenvalue weighted by molar-refractivity contribution is -0.154. The highest BCUT2D eigenvalue weighted by atomic mass is 19.1. The number of halogens is 2. The lowest BCUT2D eigenvalue weighted by atomic mass is 9.80. The lowest BCUT2D eigenvalue weighted by Gasteiger charge is -2.29. The highest BCUT2D eigenvalue weighted by Gasteiger charge is 2.38. The summed E-state index contributed by atoms with van der Waals surface area (Å²) < 4.78 is 32.2. The molecule has 0 fully saturated rings. The van der Waals surface area contributed by atoms with Crippen molar-refractivity contribution in [3.05, 3.63) is 53.1 Å². The van der Waals surface area contributed by atoms with Crippen LogP contribution in [-0.2, 0) is 16.0 Å². The number of fused-ring (bicyclic) bond motifs is 3. The van der Waals surface area contributed by atoms with Crippen molar-refractivity contribution in [3.8, 4) is 0 Å². The molecule has 1 aliphatic carbocycles. The fraction of sp³-hybridized carbons (Fsp3) is 0.278. The van der Waals surface area contributed by atoms with Gasteiger partial charge in [-0.05, 0) is 47.9 Å². The van der Waals surface area contributed by atoms with E-state index in [-0.39, 0.29) is 0 Å². The van der Waals surface area contributed by atoms with E-state index in [2.05, 4.69) is 4.74 Å². The van der Waals surface area contributed by atoms with Crippen molar-refractivity contribution in [1.82, 2.24) is 0 Å². The molecule has 0 bridgehead atoms. The smallest absolute Gasteiger partial charge is 0.342 e. The monoisotopic (exact) mass is 318 g/mol. The molecule has 0 heterocycles. The van der Waals surface area contributed by atoms with Crippen LogP contribution in [0.3, 0.4) is 0 Å². The highest BCUT2D eigenvalue weighted by molar-refractivity contribution is 6.00. The number of benzene rings is 2. The fourth-order valence-electron chi connectivity index (χ4n) is 3.18. The summed E-state index contributed by atoms with van der Waals surface area (Å²) in [7, 11) is 1.20. The van der Waals surface area contributed by atoms with E-state index in [1.165, 1.54) is 26.2 Å². The molecule has 3 nitrogen and oxygen atoms in total. The summed E-state index contributed by atoms with van der Waals surface area (Å²) in [5.41, 5.74) is -0.0763. The number of hydrogen-bond donors (Lipinski definition) is 1. The Morgan fingerprint density at radius 2 is 2.00 bits per heavy atom. The van der Waals surface area contributed by atoms with E-state index in [1.54, 1.807) is 12.1 Å². The predicted molar refractivity (Wildman–Crippen MR) is 82.8 cm³/mol. The second-order valence-electron chi connectivity index (χ2n) is 5.79. The Morgan fingerprint density at radius 1 is 1.26 bits per heavy atom. The molecule has 0 saturated heterocycles. The number of aliphatic hydroxyl groups is 1. The Kier molecular flexibility index (Phi) is 3.68. The van der Waals surface area contributed by atoms with Gasteiger partial charge in [0, 0.05) is 11.5 Å². The van der Waals surface area contributed by atoms with Gasteiger partial charge >= 0.3 is 5.97 Å². The minimum Gasteiger partial charge on any atom is -0.467 e. The van der Waals surface area contributed by atoms with Crippen molar-refractivity contribution in [2.24, 2.45) is 0 Å². The predicted octanol–water partition coefficient (Wildman–Crippen LogP) is 3.37. The molecule has 2 aromatic carbocycles. The first kappa shape index (κ1) is 15.6. The third kappa shape index (κ3) is 2.41. The number of carbonyl (C=O) groups is 1. The molecular weight excluding hydrogens is 302 g/mol. The molecule has 1 unspecified atom stereocenters. The zero-order valence-electron chi connectivity index (χ0n) is 12.8. The standard InChI is InChI=1S/C18H16F2O3/c1-18(22,17(21)23-2)15-5-3-4-11-12(15)6-7-13-14(11)8-10(19)9-16(13)20/h5-9,22H,3-4H2,1-2H3. The molecule has 3 rings (SSSR count). The quantitative estimate of drug-likeness (QED) is 0.864. The Morgan fingerprint density at radius 3 is 2.70 bits per heavy atom. The van der Waals surface area contributed by atoms with E-state index >= 15 is 0 Å². The molecular formula is C18H16F2O3.